The van der Waals surface area contributed by atoms with E-state index in [1.807, 2.05) is 12.3 Å². The van der Waals surface area contributed by atoms with Crippen LogP contribution in [0.25, 0.3) is 0 Å². The summed E-state index contributed by atoms with van der Waals surface area (Å²) >= 11 is 6.93. The zero-order chi connectivity index (χ0) is 13.5. The maximum absolute atomic E-state index is 4.44. The summed E-state index contributed by atoms with van der Waals surface area (Å²) in [6, 6.07) is 14.6. The Hall–Kier alpha value is -0.710. The SMILES string of the molecule is BrCCN(Cc1ccccc1)Cc1ccc(Br)cn1. The number of alkyl halides is 1. The minimum Gasteiger partial charge on any atom is -0.292 e. The van der Waals surface area contributed by atoms with E-state index in [0.29, 0.717) is 0 Å². The van der Waals surface area contributed by atoms with Gasteiger partial charge in [0.05, 0.1) is 5.69 Å². The second-order valence-electron chi connectivity index (χ2n) is 4.35. The van der Waals surface area contributed by atoms with E-state index in [4.69, 9.17) is 0 Å². The normalized spacial score (nSPS) is 10.9. The van der Waals surface area contributed by atoms with Gasteiger partial charge in [-0.1, -0.05) is 46.3 Å². The predicted octanol–water partition coefficient (Wildman–Crippen LogP) is 4.24. The van der Waals surface area contributed by atoms with Crippen LogP contribution in [0.3, 0.4) is 0 Å². The minimum absolute atomic E-state index is 0.869. The van der Waals surface area contributed by atoms with Crippen LogP contribution in [0.15, 0.2) is 53.1 Å². The number of halogens is 2. The Bertz CT molecular complexity index is 485. The third-order valence-corrected chi connectivity index (χ3v) is 3.65. The highest BCUT2D eigenvalue weighted by molar-refractivity contribution is 9.10. The fourth-order valence-corrected chi connectivity index (χ4v) is 2.64. The first kappa shape index (κ1) is 14.7. The van der Waals surface area contributed by atoms with E-state index in [0.717, 1.165) is 35.1 Å². The Kier molecular flexibility index (Phi) is 6.01. The van der Waals surface area contributed by atoms with E-state index in [1.165, 1.54) is 5.56 Å². The molecule has 4 heteroatoms. The summed E-state index contributed by atoms with van der Waals surface area (Å²) in [6.07, 6.45) is 1.85. The lowest BCUT2D eigenvalue weighted by Gasteiger charge is -2.21. The molecule has 0 saturated heterocycles. The van der Waals surface area contributed by atoms with Crippen molar-refractivity contribution in [3.05, 3.63) is 64.4 Å². The van der Waals surface area contributed by atoms with Gasteiger partial charge in [-0.15, -0.1) is 0 Å². The van der Waals surface area contributed by atoms with Crippen LogP contribution in [0.4, 0.5) is 0 Å². The molecule has 0 aliphatic rings. The van der Waals surface area contributed by atoms with Gasteiger partial charge in [0.15, 0.2) is 0 Å². The highest BCUT2D eigenvalue weighted by Gasteiger charge is 2.07. The lowest BCUT2D eigenvalue weighted by molar-refractivity contribution is 0.271. The molecule has 0 N–H and O–H groups in total. The molecular weight excluding hydrogens is 368 g/mol. The zero-order valence-corrected chi connectivity index (χ0v) is 13.8. The summed E-state index contributed by atoms with van der Waals surface area (Å²) in [5, 5.41) is 0.969. The average Bonchev–Trinajstić information content (AvgIpc) is 2.43. The fraction of sp³-hybridized carbons (Fsp3) is 0.267. The van der Waals surface area contributed by atoms with E-state index in [9.17, 15) is 0 Å². The zero-order valence-electron chi connectivity index (χ0n) is 10.6. The molecule has 0 amide bonds. The van der Waals surface area contributed by atoms with Gasteiger partial charge < -0.3 is 0 Å². The molecule has 1 aromatic heterocycles. The van der Waals surface area contributed by atoms with Gasteiger partial charge in [0, 0.05) is 35.6 Å². The number of nitrogens with zero attached hydrogens (tertiary/aromatic N) is 2. The molecule has 0 atom stereocenters. The first-order valence-corrected chi connectivity index (χ1v) is 8.12. The Morgan fingerprint density at radius 2 is 1.79 bits per heavy atom. The molecule has 0 spiro atoms. The number of hydrogen-bond donors (Lipinski definition) is 0. The highest BCUT2D eigenvalue weighted by Crippen LogP contribution is 2.11. The Labute approximate surface area is 131 Å². The van der Waals surface area contributed by atoms with Gasteiger partial charge >= 0.3 is 0 Å². The summed E-state index contributed by atoms with van der Waals surface area (Å²) in [6.45, 7) is 2.82. The number of hydrogen-bond acceptors (Lipinski definition) is 2. The summed E-state index contributed by atoms with van der Waals surface area (Å²) in [7, 11) is 0. The average molecular weight is 384 g/mol. The monoisotopic (exact) mass is 382 g/mol. The van der Waals surface area contributed by atoms with Gasteiger partial charge in [-0.25, -0.2) is 0 Å². The van der Waals surface area contributed by atoms with E-state index in [-0.39, 0.29) is 0 Å². The van der Waals surface area contributed by atoms with E-state index >= 15 is 0 Å². The molecule has 100 valence electrons. The lowest BCUT2D eigenvalue weighted by Crippen LogP contribution is -2.25. The molecule has 2 rings (SSSR count). The van der Waals surface area contributed by atoms with Crippen LogP contribution in [0.2, 0.25) is 0 Å². The third-order valence-electron chi connectivity index (χ3n) is 2.82. The smallest absolute Gasteiger partial charge is 0.0544 e. The van der Waals surface area contributed by atoms with Crippen LogP contribution in [0, 0.1) is 0 Å². The first-order chi connectivity index (χ1) is 9.28. The van der Waals surface area contributed by atoms with Gasteiger partial charge in [0.2, 0.25) is 0 Å². The Morgan fingerprint density at radius 1 is 1.00 bits per heavy atom. The van der Waals surface area contributed by atoms with Crippen molar-refractivity contribution in [2.75, 3.05) is 11.9 Å². The van der Waals surface area contributed by atoms with Crippen LogP contribution in [0.1, 0.15) is 11.3 Å². The van der Waals surface area contributed by atoms with Gasteiger partial charge in [-0.2, -0.15) is 0 Å². The lowest BCUT2D eigenvalue weighted by atomic mass is 10.2. The molecule has 0 aliphatic heterocycles. The van der Waals surface area contributed by atoms with Crippen molar-refractivity contribution < 1.29 is 0 Å². The maximum Gasteiger partial charge on any atom is 0.0544 e. The van der Waals surface area contributed by atoms with Crippen molar-refractivity contribution >= 4 is 31.9 Å². The molecule has 19 heavy (non-hydrogen) atoms. The third kappa shape index (κ3) is 5.05. The largest absolute Gasteiger partial charge is 0.292 e. The number of pyridine rings is 1. The van der Waals surface area contributed by atoms with Gasteiger partial charge in [-0.05, 0) is 33.6 Å². The summed E-state index contributed by atoms with van der Waals surface area (Å²) in [4.78, 5) is 6.83. The molecular formula is C15H16Br2N2. The molecule has 2 nitrogen and oxygen atoms in total. The molecule has 0 fully saturated rings. The Morgan fingerprint density at radius 3 is 2.42 bits per heavy atom. The number of rotatable bonds is 6. The van der Waals surface area contributed by atoms with E-state index in [1.54, 1.807) is 0 Å². The summed E-state index contributed by atoms with van der Waals surface area (Å²) in [5.41, 5.74) is 2.43. The second-order valence-corrected chi connectivity index (χ2v) is 6.06. The fourth-order valence-electron chi connectivity index (χ4n) is 1.90. The summed E-state index contributed by atoms with van der Waals surface area (Å²) < 4.78 is 1.02. The second kappa shape index (κ2) is 7.78. The first-order valence-electron chi connectivity index (χ1n) is 6.20. The minimum atomic E-state index is 0.869. The quantitative estimate of drug-likeness (QED) is 0.693. The van der Waals surface area contributed by atoms with Gasteiger partial charge in [0.1, 0.15) is 0 Å². The van der Waals surface area contributed by atoms with Crippen LogP contribution in [-0.2, 0) is 13.1 Å². The molecule has 0 aliphatic carbocycles. The van der Waals surface area contributed by atoms with Crippen LogP contribution < -0.4 is 0 Å². The molecule has 0 bridgehead atoms. The summed E-state index contributed by atoms with van der Waals surface area (Å²) in [5.74, 6) is 0. The van der Waals surface area contributed by atoms with Crippen LogP contribution in [-0.4, -0.2) is 21.8 Å². The number of aromatic nitrogens is 1. The van der Waals surface area contributed by atoms with Crippen molar-refractivity contribution in [3.63, 3.8) is 0 Å². The number of benzene rings is 1. The maximum atomic E-state index is 4.44. The van der Waals surface area contributed by atoms with E-state index in [2.05, 4.69) is 78.1 Å². The van der Waals surface area contributed by atoms with Crippen molar-refractivity contribution in [2.24, 2.45) is 0 Å². The molecule has 2 aromatic rings. The van der Waals surface area contributed by atoms with Gasteiger partial charge in [0.25, 0.3) is 0 Å². The standard InChI is InChI=1S/C15H16Br2N2/c16-8-9-19(11-13-4-2-1-3-5-13)12-15-7-6-14(17)10-18-15/h1-7,10H,8-9,11-12H2. The molecule has 1 aromatic carbocycles. The van der Waals surface area contributed by atoms with E-state index < -0.39 is 0 Å². The van der Waals surface area contributed by atoms with Crippen molar-refractivity contribution in [3.8, 4) is 0 Å². The highest BCUT2D eigenvalue weighted by atomic mass is 79.9. The van der Waals surface area contributed by atoms with Crippen LogP contribution >= 0.6 is 31.9 Å². The Balaban J connectivity index is 2.01. The van der Waals surface area contributed by atoms with Crippen molar-refractivity contribution in [2.45, 2.75) is 13.1 Å². The topological polar surface area (TPSA) is 16.1 Å². The molecule has 0 unspecified atom stereocenters. The predicted molar refractivity (Wildman–Crippen MR) is 86.3 cm³/mol. The van der Waals surface area contributed by atoms with Crippen molar-refractivity contribution in [1.29, 1.82) is 0 Å². The van der Waals surface area contributed by atoms with Crippen LogP contribution in [0.5, 0.6) is 0 Å². The van der Waals surface area contributed by atoms with Gasteiger partial charge in [-0.3, -0.25) is 9.88 Å². The molecule has 0 radical (unpaired) electrons. The molecule has 1 heterocycles. The van der Waals surface area contributed by atoms with Crippen molar-refractivity contribution in [1.82, 2.24) is 9.88 Å². The molecule has 0 saturated carbocycles.